The maximum Gasteiger partial charge on any atom is 0.128 e. The molecule has 4 heteroatoms. The molecule has 1 atom stereocenters. The van der Waals surface area contributed by atoms with E-state index in [1.54, 1.807) is 0 Å². The first-order chi connectivity index (χ1) is 8.77. The van der Waals surface area contributed by atoms with Gasteiger partial charge in [-0.3, -0.25) is 0 Å². The molecule has 102 valence electrons. The predicted octanol–water partition coefficient (Wildman–Crippen LogP) is 2.51. The van der Waals surface area contributed by atoms with Gasteiger partial charge in [-0.15, -0.1) is 0 Å². The van der Waals surface area contributed by atoms with Gasteiger partial charge in [0.2, 0.25) is 0 Å². The Labute approximate surface area is 110 Å². The lowest BCUT2D eigenvalue weighted by molar-refractivity contribution is -0.102. The average molecular weight is 251 g/mol. The standard InChI is InChI=1S/C14H25N3O/c1-4-9-15-12(14(18-3)7-6-8-14)13-16-10-11-17(13)5-2/h10-12,15H,4-9H2,1-3H3. The van der Waals surface area contributed by atoms with Crippen LogP contribution in [0.15, 0.2) is 12.4 Å². The molecule has 1 N–H and O–H groups in total. The van der Waals surface area contributed by atoms with Crippen LogP contribution in [0.25, 0.3) is 0 Å². The molecule has 0 saturated heterocycles. The number of imidazole rings is 1. The molecule has 0 amide bonds. The monoisotopic (exact) mass is 251 g/mol. The maximum absolute atomic E-state index is 5.84. The van der Waals surface area contributed by atoms with E-state index in [-0.39, 0.29) is 11.6 Å². The molecular formula is C14H25N3O. The minimum absolute atomic E-state index is 0.0482. The van der Waals surface area contributed by atoms with Crippen LogP contribution in [0.4, 0.5) is 0 Å². The number of hydrogen-bond donors (Lipinski definition) is 1. The van der Waals surface area contributed by atoms with E-state index in [1.165, 1.54) is 6.42 Å². The van der Waals surface area contributed by atoms with Gasteiger partial charge in [-0.05, 0) is 39.2 Å². The highest BCUT2D eigenvalue weighted by Crippen LogP contribution is 2.44. The molecule has 1 heterocycles. The molecule has 1 fully saturated rings. The molecule has 1 aliphatic carbocycles. The van der Waals surface area contributed by atoms with Crippen LogP contribution in [0.2, 0.25) is 0 Å². The number of aromatic nitrogens is 2. The van der Waals surface area contributed by atoms with E-state index < -0.39 is 0 Å². The fourth-order valence-electron chi connectivity index (χ4n) is 2.79. The number of hydrogen-bond acceptors (Lipinski definition) is 3. The lowest BCUT2D eigenvalue weighted by Crippen LogP contribution is -2.51. The lowest BCUT2D eigenvalue weighted by Gasteiger charge is -2.46. The zero-order chi connectivity index (χ0) is 13.0. The summed E-state index contributed by atoms with van der Waals surface area (Å²) in [6.45, 7) is 6.31. The van der Waals surface area contributed by atoms with Gasteiger partial charge in [-0.2, -0.15) is 0 Å². The average Bonchev–Trinajstić information content (AvgIpc) is 2.80. The maximum atomic E-state index is 5.84. The van der Waals surface area contributed by atoms with E-state index in [1.807, 2.05) is 13.3 Å². The highest BCUT2D eigenvalue weighted by atomic mass is 16.5. The largest absolute Gasteiger partial charge is 0.376 e. The molecule has 18 heavy (non-hydrogen) atoms. The van der Waals surface area contributed by atoms with Crippen LogP contribution >= 0.6 is 0 Å². The summed E-state index contributed by atoms with van der Waals surface area (Å²) in [5.41, 5.74) is -0.0482. The number of ether oxygens (including phenoxy) is 1. The molecule has 1 aromatic heterocycles. The van der Waals surface area contributed by atoms with E-state index in [0.29, 0.717) is 0 Å². The topological polar surface area (TPSA) is 39.1 Å². The Morgan fingerprint density at radius 2 is 2.28 bits per heavy atom. The van der Waals surface area contributed by atoms with Crippen molar-refractivity contribution in [2.75, 3.05) is 13.7 Å². The van der Waals surface area contributed by atoms with Crippen molar-refractivity contribution in [1.29, 1.82) is 0 Å². The first-order valence-corrected chi connectivity index (χ1v) is 7.07. The summed E-state index contributed by atoms with van der Waals surface area (Å²) in [7, 11) is 1.83. The molecule has 4 nitrogen and oxygen atoms in total. The summed E-state index contributed by atoms with van der Waals surface area (Å²) >= 11 is 0. The van der Waals surface area contributed by atoms with Crippen LogP contribution < -0.4 is 5.32 Å². The Morgan fingerprint density at radius 1 is 1.50 bits per heavy atom. The third kappa shape index (κ3) is 2.31. The summed E-state index contributed by atoms with van der Waals surface area (Å²) in [6.07, 6.45) is 8.58. The van der Waals surface area contributed by atoms with Gasteiger partial charge < -0.3 is 14.6 Å². The predicted molar refractivity (Wildman–Crippen MR) is 72.5 cm³/mol. The lowest BCUT2D eigenvalue weighted by atomic mass is 9.74. The highest BCUT2D eigenvalue weighted by molar-refractivity contribution is 5.11. The van der Waals surface area contributed by atoms with Crippen LogP contribution in [0.3, 0.4) is 0 Å². The van der Waals surface area contributed by atoms with E-state index >= 15 is 0 Å². The highest BCUT2D eigenvalue weighted by Gasteiger charge is 2.46. The number of nitrogens with zero attached hydrogens (tertiary/aromatic N) is 2. The molecule has 0 bridgehead atoms. The smallest absolute Gasteiger partial charge is 0.128 e. The van der Waals surface area contributed by atoms with E-state index in [4.69, 9.17) is 4.74 Å². The van der Waals surface area contributed by atoms with Crippen molar-refractivity contribution < 1.29 is 4.74 Å². The van der Waals surface area contributed by atoms with Crippen molar-refractivity contribution in [3.05, 3.63) is 18.2 Å². The summed E-state index contributed by atoms with van der Waals surface area (Å²) in [4.78, 5) is 4.56. The molecule has 1 aliphatic rings. The Bertz CT molecular complexity index is 365. The Balaban J connectivity index is 2.24. The number of nitrogens with one attached hydrogen (secondary N) is 1. The molecule has 0 radical (unpaired) electrons. The quantitative estimate of drug-likeness (QED) is 0.809. The second-order valence-corrected chi connectivity index (χ2v) is 5.08. The molecule has 0 spiro atoms. The number of aryl methyl sites for hydroxylation is 1. The zero-order valence-electron chi connectivity index (χ0n) is 11.8. The number of rotatable bonds is 7. The van der Waals surface area contributed by atoms with Gasteiger partial charge in [0.1, 0.15) is 5.82 Å². The minimum Gasteiger partial charge on any atom is -0.376 e. The van der Waals surface area contributed by atoms with Crippen molar-refractivity contribution in [2.45, 2.75) is 57.7 Å². The molecule has 0 aromatic carbocycles. The van der Waals surface area contributed by atoms with Crippen LogP contribution in [0.5, 0.6) is 0 Å². The van der Waals surface area contributed by atoms with Crippen LogP contribution in [0.1, 0.15) is 51.4 Å². The van der Waals surface area contributed by atoms with Crippen molar-refractivity contribution >= 4 is 0 Å². The molecule has 1 aromatic rings. The summed E-state index contributed by atoms with van der Waals surface area (Å²) in [5.74, 6) is 1.12. The second-order valence-electron chi connectivity index (χ2n) is 5.08. The summed E-state index contributed by atoms with van der Waals surface area (Å²) in [5, 5.41) is 3.63. The third-order valence-corrected chi connectivity index (χ3v) is 4.08. The normalized spacial score (nSPS) is 19.5. The van der Waals surface area contributed by atoms with Gasteiger partial charge in [-0.25, -0.2) is 4.98 Å². The first-order valence-electron chi connectivity index (χ1n) is 7.07. The fourth-order valence-corrected chi connectivity index (χ4v) is 2.79. The molecule has 1 saturated carbocycles. The molecule has 1 unspecified atom stereocenters. The fraction of sp³-hybridized carbons (Fsp3) is 0.786. The molecule has 0 aliphatic heterocycles. The van der Waals surface area contributed by atoms with E-state index in [9.17, 15) is 0 Å². The van der Waals surface area contributed by atoms with Crippen molar-refractivity contribution in [3.63, 3.8) is 0 Å². The van der Waals surface area contributed by atoms with Crippen molar-refractivity contribution in [3.8, 4) is 0 Å². The van der Waals surface area contributed by atoms with Gasteiger partial charge in [0.15, 0.2) is 0 Å². The van der Waals surface area contributed by atoms with E-state index in [0.717, 1.165) is 38.2 Å². The first kappa shape index (κ1) is 13.6. The van der Waals surface area contributed by atoms with Crippen LogP contribution in [0, 0.1) is 0 Å². The Morgan fingerprint density at radius 3 is 2.78 bits per heavy atom. The van der Waals surface area contributed by atoms with E-state index in [2.05, 4.69) is 34.9 Å². The molecular weight excluding hydrogens is 226 g/mol. The van der Waals surface area contributed by atoms with Gasteiger partial charge in [-0.1, -0.05) is 6.92 Å². The van der Waals surface area contributed by atoms with Crippen molar-refractivity contribution in [2.24, 2.45) is 0 Å². The summed E-state index contributed by atoms with van der Waals surface area (Å²) < 4.78 is 8.06. The summed E-state index contributed by atoms with van der Waals surface area (Å²) in [6, 6.07) is 0.214. The number of methoxy groups -OCH3 is 1. The van der Waals surface area contributed by atoms with Gasteiger partial charge in [0.05, 0.1) is 11.6 Å². The van der Waals surface area contributed by atoms with Gasteiger partial charge >= 0.3 is 0 Å². The van der Waals surface area contributed by atoms with Gasteiger partial charge in [0.25, 0.3) is 0 Å². The Kier molecular flexibility index (Phi) is 4.40. The minimum atomic E-state index is -0.0482. The zero-order valence-corrected chi connectivity index (χ0v) is 11.8. The molecule has 2 rings (SSSR count). The third-order valence-electron chi connectivity index (χ3n) is 4.08. The van der Waals surface area contributed by atoms with Gasteiger partial charge in [0, 0.05) is 26.0 Å². The van der Waals surface area contributed by atoms with Crippen LogP contribution in [-0.4, -0.2) is 28.8 Å². The second kappa shape index (κ2) is 5.85. The van der Waals surface area contributed by atoms with Crippen molar-refractivity contribution in [1.82, 2.24) is 14.9 Å². The Hall–Kier alpha value is -0.870. The SMILES string of the molecule is CCCNC(c1nccn1CC)C1(OC)CCC1. The van der Waals surface area contributed by atoms with Crippen LogP contribution in [-0.2, 0) is 11.3 Å².